The van der Waals surface area contributed by atoms with Crippen LogP contribution in [0.15, 0.2) is 0 Å². The number of carbonyl (C=O) groups excluding carboxylic acids is 2. The molecule has 0 rings (SSSR count). The zero-order chi connectivity index (χ0) is 17.3. The van der Waals surface area contributed by atoms with Crippen molar-refractivity contribution in [2.75, 3.05) is 0 Å². The Bertz CT molecular complexity index is 220. The first-order chi connectivity index (χ1) is 9.70. The van der Waals surface area contributed by atoms with Gasteiger partial charge in [0.15, 0.2) is 0 Å². The predicted octanol–water partition coefficient (Wildman–Crippen LogP) is -0.638. The fraction of sp³-hybridized carbons (Fsp3) is 0.857. The molecule has 0 saturated carbocycles. The van der Waals surface area contributed by atoms with Gasteiger partial charge in [-0.3, -0.25) is 0 Å². The summed E-state index contributed by atoms with van der Waals surface area (Å²) in [6, 6.07) is 0. The molecule has 0 aromatic rings. The van der Waals surface area contributed by atoms with Gasteiger partial charge in [-0.2, -0.15) is 0 Å². The topological polar surface area (TPSA) is 121 Å². The van der Waals surface area contributed by atoms with E-state index in [9.17, 15) is 19.8 Å². The van der Waals surface area contributed by atoms with Crippen LogP contribution in [-0.2, 0) is 9.59 Å². The van der Waals surface area contributed by atoms with Gasteiger partial charge in [-0.05, 0) is 13.8 Å². The number of hydrogen-bond donors (Lipinski definition) is 2. The molecule has 2 atom stereocenters. The van der Waals surface area contributed by atoms with Gasteiger partial charge in [0.25, 0.3) is 0 Å². The van der Waals surface area contributed by atoms with Crippen LogP contribution in [0.3, 0.4) is 0 Å². The molecule has 21 heavy (non-hydrogen) atoms. The Morgan fingerprint density at radius 1 is 0.905 bits per heavy atom. The van der Waals surface area contributed by atoms with Gasteiger partial charge in [-0.15, -0.1) is 0 Å². The van der Waals surface area contributed by atoms with Crippen molar-refractivity contribution in [3.05, 3.63) is 0 Å². The second-order valence-corrected chi connectivity index (χ2v) is 8.73. The zero-order valence-corrected chi connectivity index (χ0v) is 16.3. The van der Waals surface area contributed by atoms with Crippen molar-refractivity contribution in [3.8, 4) is 0 Å². The number of unbranched alkanes of at least 4 members (excludes halogenated alkanes) is 2. The van der Waals surface area contributed by atoms with Crippen molar-refractivity contribution in [2.45, 2.75) is 74.5 Å². The summed E-state index contributed by atoms with van der Waals surface area (Å²) in [4.78, 5) is 18.7. The minimum atomic E-state index is -1.44. The van der Waals surface area contributed by atoms with Crippen LogP contribution in [0.25, 0.3) is 0 Å². The monoisotopic (exact) mass is 412 g/mol. The first-order valence-corrected chi connectivity index (χ1v) is 11.2. The van der Waals surface area contributed by atoms with Crippen LogP contribution in [0.1, 0.15) is 53.4 Å². The van der Waals surface area contributed by atoms with Gasteiger partial charge in [0.05, 0.1) is 24.1 Å². The van der Waals surface area contributed by atoms with E-state index in [0.717, 1.165) is 13.8 Å². The summed E-state index contributed by atoms with van der Waals surface area (Å²) in [5.41, 5.74) is 0. The molecule has 0 aromatic heterocycles. The average Bonchev–Trinajstić information content (AvgIpc) is 2.40. The van der Waals surface area contributed by atoms with Gasteiger partial charge < -0.3 is 30.0 Å². The summed E-state index contributed by atoms with van der Waals surface area (Å²) in [6.45, 7) is 6.85. The van der Waals surface area contributed by atoms with E-state index >= 15 is 0 Å². The molecule has 0 aliphatic heterocycles. The van der Waals surface area contributed by atoms with Crippen LogP contribution in [0.4, 0.5) is 0 Å². The molecule has 0 bridgehead atoms. The van der Waals surface area contributed by atoms with Gasteiger partial charge in [-0.25, -0.2) is 0 Å². The molecule has 7 heteroatoms. The number of carboxylic acid groups (broad SMARTS) is 2. The summed E-state index contributed by atoms with van der Waals surface area (Å²) in [5, 5.41) is 34.6. The minimum absolute atomic E-state index is 0.149. The van der Waals surface area contributed by atoms with Gasteiger partial charge in [0.2, 0.25) is 0 Å². The van der Waals surface area contributed by atoms with Gasteiger partial charge >= 0.3 is 69.5 Å². The summed E-state index contributed by atoms with van der Waals surface area (Å²) >= 11 is 0.149. The number of aliphatic hydroxyl groups excluding tert-OH is 2. The van der Waals surface area contributed by atoms with E-state index < -0.39 is 24.1 Å². The molecule has 0 radical (unpaired) electrons. The fourth-order valence-corrected chi connectivity index (χ4v) is 4.89. The number of carboxylic acids is 2. The number of hydrogen-bond acceptors (Lipinski definition) is 6. The van der Waals surface area contributed by atoms with E-state index in [1.54, 1.807) is 8.87 Å². The van der Waals surface area contributed by atoms with Crippen molar-refractivity contribution in [2.24, 2.45) is 0 Å². The molecule has 0 amide bonds. The van der Waals surface area contributed by atoms with Crippen LogP contribution < -0.4 is 10.2 Å². The third-order valence-electron chi connectivity index (χ3n) is 2.10. The Kier molecular flexibility index (Phi) is 24.0. The maximum absolute atomic E-state index is 9.34. The normalized spacial score (nSPS) is 11.7. The number of aliphatic hydroxyl groups is 2. The third kappa shape index (κ3) is 32.9. The average molecular weight is 411 g/mol. The summed E-state index contributed by atoms with van der Waals surface area (Å²) in [6.07, 6.45) is 3.15. The predicted molar refractivity (Wildman–Crippen MR) is 78.6 cm³/mol. The molecule has 0 heterocycles. The van der Waals surface area contributed by atoms with Gasteiger partial charge in [-0.1, -0.05) is 0 Å². The Hall–Kier alpha value is -0.341. The number of rotatable bonds is 8. The Balaban J connectivity index is -0.000000240. The fourth-order valence-electron chi connectivity index (χ4n) is 0.729. The van der Waals surface area contributed by atoms with Crippen molar-refractivity contribution < 1.29 is 30.0 Å². The first kappa shape index (κ1) is 25.6. The maximum atomic E-state index is 9.34. The van der Waals surface area contributed by atoms with E-state index in [0.29, 0.717) is 0 Å². The molecule has 0 aliphatic rings. The second-order valence-electron chi connectivity index (χ2n) is 4.45. The van der Waals surface area contributed by atoms with Crippen molar-refractivity contribution in [3.63, 3.8) is 0 Å². The van der Waals surface area contributed by atoms with E-state index in [-0.39, 0.29) is 21.1 Å². The van der Waals surface area contributed by atoms with Crippen molar-refractivity contribution in [1.82, 2.24) is 0 Å². The molecular formula is C14H28O6Sn. The number of carbonyl (C=O) groups is 2. The van der Waals surface area contributed by atoms with E-state index in [1.165, 1.54) is 25.7 Å². The van der Waals surface area contributed by atoms with Gasteiger partial charge in [0, 0.05) is 0 Å². The summed E-state index contributed by atoms with van der Waals surface area (Å²) < 4.78 is 3.25. The van der Waals surface area contributed by atoms with Gasteiger partial charge in [0.1, 0.15) is 0 Å². The molecule has 0 aliphatic carbocycles. The quantitative estimate of drug-likeness (QED) is 0.405. The van der Waals surface area contributed by atoms with Crippen LogP contribution in [-0.4, -0.2) is 55.5 Å². The van der Waals surface area contributed by atoms with Crippen LogP contribution in [0.2, 0.25) is 8.87 Å². The molecule has 0 aromatic carbocycles. The SMILES string of the molecule is CC(O)C(=O)[O-].CC(O)C(=O)[O-].CCC[CH2][Sn+2][CH2]CCC. The standard InChI is InChI=1S/2C4H9.2C3H6O3.Sn/c2*1-3-4-2;2*1-2(4)3(5)6;/h2*1,3-4H2,2H3;2*2,4H,1H3,(H,5,6);/q;;;;+2/p-2. The van der Waals surface area contributed by atoms with Crippen molar-refractivity contribution >= 4 is 33.1 Å². The summed E-state index contributed by atoms with van der Waals surface area (Å²) in [7, 11) is 0. The first-order valence-electron chi connectivity index (χ1n) is 7.19. The molecule has 2 unspecified atom stereocenters. The molecule has 0 fully saturated rings. The van der Waals surface area contributed by atoms with E-state index in [1.807, 2.05) is 0 Å². The van der Waals surface area contributed by atoms with E-state index in [2.05, 4.69) is 13.8 Å². The molecule has 0 spiro atoms. The van der Waals surface area contributed by atoms with Crippen LogP contribution in [0.5, 0.6) is 0 Å². The molecule has 0 saturated heterocycles. The van der Waals surface area contributed by atoms with Crippen LogP contribution in [0, 0.1) is 0 Å². The Morgan fingerprint density at radius 2 is 1.14 bits per heavy atom. The molecule has 6 nitrogen and oxygen atoms in total. The van der Waals surface area contributed by atoms with E-state index in [4.69, 9.17) is 10.2 Å². The molecule has 2 N–H and O–H groups in total. The third-order valence-corrected chi connectivity index (χ3v) is 6.13. The zero-order valence-electron chi connectivity index (χ0n) is 13.4. The van der Waals surface area contributed by atoms with Crippen molar-refractivity contribution in [1.29, 1.82) is 0 Å². The number of aliphatic carboxylic acids is 2. The Labute approximate surface area is 137 Å². The Morgan fingerprint density at radius 3 is 1.29 bits per heavy atom. The molecular weight excluding hydrogens is 383 g/mol. The van der Waals surface area contributed by atoms with Crippen LogP contribution >= 0.6 is 0 Å². The second kappa shape index (κ2) is 19.7. The molecule has 124 valence electrons. The summed E-state index contributed by atoms with van der Waals surface area (Å²) in [5.74, 6) is -2.87.